The van der Waals surface area contributed by atoms with Gasteiger partial charge in [-0.1, -0.05) is 29.3 Å². The Hall–Kier alpha value is -2.99. The Morgan fingerprint density at radius 3 is 1.48 bits per heavy atom. The maximum atomic E-state index is 11.9. The van der Waals surface area contributed by atoms with E-state index in [4.69, 9.17) is 52.9 Å². The molecular weight excluding hydrogens is 622 g/mol. The number of nitrogens with one attached hydrogen (secondary N) is 2. The van der Waals surface area contributed by atoms with Gasteiger partial charge >= 0.3 is 36.4 Å². The van der Waals surface area contributed by atoms with E-state index in [1.807, 2.05) is 12.1 Å². The second-order valence-electron chi connectivity index (χ2n) is 7.22. The lowest BCUT2D eigenvalue weighted by Crippen LogP contribution is -2.38. The number of carbonyl (C=O) groups is 4. The van der Waals surface area contributed by atoms with Crippen molar-refractivity contribution in [3.05, 3.63) is 33.8 Å². The van der Waals surface area contributed by atoms with E-state index in [0.29, 0.717) is 16.6 Å². The predicted octanol–water partition coefficient (Wildman–Crippen LogP) is 4.55. The summed E-state index contributed by atoms with van der Waals surface area (Å²) in [5, 5.41) is 28.7. The van der Waals surface area contributed by atoms with Crippen LogP contribution in [0.2, 0.25) is 10.0 Å². The Bertz CT molecular complexity index is 925. The molecule has 0 bridgehead atoms. The van der Waals surface area contributed by atoms with Crippen LogP contribution < -0.4 is 10.6 Å². The summed E-state index contributed by atoms with van der Waals surface area (Å²) in [6, 6.07) is 5.57. The second-order valence-corrected chi connectivity index (χ2v) is 8.04. The molecule has 40 heavy (non-hydrogen) atoms. The molecule has 0 unspecified atom stereocenters. The van der Waals surface area contributed by atoms with Crippen LogP contribution in [0.3, 0.4) is 0 Å². The predicted molar refractivity (Wildman–Crippen MR) is 120 cm³/mol. The molecule has 9 nitrogen and oxygen atoms in total. The number of halogens is 11. The summed E-state index contributed by atoms with van der Waals surface area (Å²) >= 11 is 11.8. The van der Waals surface area contributed by atoms with Gasteiger partial charge in [-0.05, 0) is 50.0 Å². The van der Waals surface area contributed by atoms with Crippen molar-refractivity contribution in [3.63, 3.8) is 0 Å². The lowest BCUT2D eigenvalue weighted by atomic mass is 9.97. The molecule has 2 rings (SSSR count). The molecule has 5 N–H and O–H groups in total. The average Bonchev–Trinajstić information content (AvgIpc) is 2.81. The zero-order valence-electron chi connectivity index (χ0n) is 19.7. The van der Waals surface area contributed by atoms with E-state index in [1.165, 1.54) is 0 Å². The van der Waals surface area contributed by atoms with Crippen molar-refractivity contribution >= 4 is 47.0 Å². The molecule has 0 saturated carbocycles. The van der Waals surface area contributed by atoms with Gasteiger partial charge in [-0.3, -0.25) is 4.79 Å². The molecule has 1 aromatic carbocycles. The first kappa shape index (κ1) is 39.2. The lowest BCUT2D eigenvalue weighted by molar-refractivity contribution is -0.193. The van der Waals surface area contributed by atoms with Crippen LogP contribution in [0.4, 0.5) is 39.5 Å². The van der Waals surface area contributed by atoms with Crippen molar-refractivity contribution in [3.8, 4) is 0 Å². The Morgan fingerprint density at radius 1 is 0.775 bits per heavy atom. The van der Waals surface area contributed by atoms with Gasteiger partial charge in [0.25, 0.3) is 0 Å². The zero-order valence-corrected chi connectivity index (χ0v) is 21.2. The van der Waals surface area contributed by atoms with Gasteiger partial charge in [0.05, 0.1) is 10.0 Å². The molecule has 1 heterocycles. The number of rotatable bonds is 4. The molecule has 0 spiro atoms. The molecule has 0 aliphatic carbocycles. The molecule has 1 aromatic rings. The average molecular weight is 643 g/mol. The van der Waals surface area contributed by atoms with Gasteiger partial charge in [-0.2, -0.15) is 39.5 Å². The number of hydrogen-bond acceptors (Lipinski definition) is 5. The van der Waals surface area contributed by atoms with E-state index >= 15 is 0 Å². The SMILES string of the molecule is O=C(NCCc1ccc(Cl)c(Cl)c1)C1CCNCC1.O=C(O)C(F)(F)F.O=C(O)C(F)(F)F.O=C(O)C(F)(F)F. The topological polar surface area (TPSA) is 153 Å². The number of carbonyl (C=O) groups excluding carboxylic acids is 1. The van der Waals surface area contributed by atoms with Crippen molar-refractivity contribution in [2.75, 3.05) is 19.6 Å². The van der Waals surface area contributed by atoms with E-state index in [9.17, 15) is 44.3 Å². The monoisotopic (exact) mass is 642 g/mol. The minimum atomic E-state index is -5.08. The Morgan fingerprint density at radius 2 is 1.15 bits per heavy atom. The number of carboxylic acid groups (broad SMARTS) is 3. The molecule has 20 heteroatoms. The molecule has 230 valence electrons. The highest BCUT2D eigenvalue weighted by molar-refractivity contribution is 6.42. The fourth-order valence-electron chi connectivity index (χ4n) is 2.25. The normalized spacial score (nSPS) is 13.7. The second kappa shape index (κ2) is 17.6. The van der Waals surface area contributed by atoms with Crippen molar-refractivity contribution < 1.29 is 74.0 Å². The van der Waals surface area contributed by atoms with Crippen LogP contribution in [-0.2, 0) is 25.6 Å². The lowest BCUT2D eigenvalue weighted by Gasteiger charge is -2.21. The third-order valence-electron chi connectivity index (χ3n) is 4.13. The van der Waals surface area contributed by atoms with E-state index in [1.54, 1.807) is 6.07 Å². The smallest absolute Gasteiger partial charge is 0.475 e. The third-order valence-corrected chi connectivity index (χ3v) is 4.87. The van der Waals surface area contributed by atoms with Gasteiger partial charge in [-0.15, -0.1) is 0 Å². The Balaban J connectivity index is 0. The van der Waals surface area contributed by atoms with Crippen LogP contribution in [0.15, 0.2) is 18.2 Å². The molecule has 1 amide bonds. The number of piperidine rings is 1. The molecule has 1 aliphatic heterocycles. The van der Waals surface area contributed by atoms with Crippen LogP contribution in [0, 0.1) is 5.92 Å². The fourth-order valence-corrected chi connectivity index (χ4v) is 2.57. The van der Waals surface area contributed by atoms with E-state index in [2.05, 4.69) is 10.6 Å². The van der Waals surface area contributed by atoms with Crippen LogP contribution in [0.5, 0.6) is 0 Å². The summed E-state index contributed by atoms with van der Waals surface area (Å²) in [6.07, 6.45) is -12.6. The minimum absolute atomic E-state index is 0.162. The molecular formula is C20H21Cl2F9N2O7. The quantitative estimate of drug-likeness (QED) is 0.300. The number of aliphatic carboxylic acids is 3. The maximum Gasteiger partial charge on any atom is 0.490 e. The summed E-state index contributed by atoms with van der Waals surface area (Å²) < 4.78 is 95.2. The summed E-state index contributed by atoms with van der Waals surface area (Å²) in [7, 11) is 0. The van der Waals surface area contributed by atoms with E-state index in [-0.39, 0.29) is 11.8 Å². The number of alkyl halides is 9. The van der Waals surface area contributed by atoms with Gasteiger partial charge in [0.1, 0.15) is 0 Å². The molecule has 0 atom stereocenters. The van der Waals surface area contributed by atoms with Crippen LogP contribution >= 0.6 is 23.2 Å². The molecule has 1 saturated heterocycles. The fraction of sp³-hybridized carbons (Fsp3) is 0.500. The first-order valence-corrected chi connectivity index (χ1v) is 11.1. The molecule has 0 radical (unpaired) electrons. The zero-order chi connectivity index (χ0) is 31.9. The number of hydrogen-bond donors (Lipinski definition) is 5. The van der Waals surface area contributed by atoms with Crippen LogP contribution in [0.25, 0.3) is 0 Å². The van der Waals surface area contributed by atoms with Gasteiger partial charge in [0.15, 0.2) is 0 Å². The van der Waals surface area contributed by atoms with Crippen LogP contribution in [0.1, 0.15) is 18.4 Å². The first-order valence-electron chi connectivity index (χ1n) is 10.3. The highest BCUT2D eigenvalue weighted by atomic mass is 35.5. The van der Waals surface area contributed by atoms with E-state index < -0.39 is 36.4 Å². The largest absolute Gasteiger partial charge is 0.490 e. The van der Waals surface area contributed by atoms with Gasteiger partial charge in [0.2, 0.25) is 5.91 Å². The number of carboxylic acids is 3. The highest BCUT2D eigenvalue weighted by Crippen LogP contribution is 2.22. The third kappa shape index (κ3) is 19.1. The van der Waals surface area contributed by atoms with Gasteiger partial charge in [0, 0.05) is 12.5 Å². The summed E-state index contributed by atoms with van der Waals surface area (Å²) in [4.78, 5) is 38.6. The molecule has 1 aliphatic rings. The van der Waals surface area contributed by atoms with Crippen molar-refractivity contribution in [1.29, 1.82) is 0 Å². The van der Waals surface area contributed by atoms with Crippen LogP contribution in [-0.4, -0.2) is 77.3 Å². The summed E-state index contributed by atoms with van der Waals surface area (Å²) in [5.41, 5.74) is 1.08. The maximum absolute atomic E-state index is 11.9. The summed E-state index contributed by atoms with van der Waals surface area (Å²) in [6.45, 7) is 2.51. The number of benzene rings is 1. The van der Waals surface area contributed by atoms with Gasteiger partial charge < -0.3 is 26.0 Å². The van der Waals surface area contributed by atoms with Gasteiger partial charge in [-0.25, -0.2) is 14.4 Å². The standard InChI is InChI=1S/C14H18Cl2N2O.3C2HF3O2/c15-12-2-1-10(9-13(12)16)3-8-18-14(19)11-4-6-17-7-5-11;3*3-2(4,5)1(6)7/h1-2,9,11,17H,3-8H2,(H,18,19);3*(H,6,7). The highest BCUT2D eigenvalue weighted by Gasteiger charge is 2.39. The first-order chi connectivity index (χ1) is 18.0. The van der Waals surface area contributed by atoms with Crippen molar-refractivity contribution in [2.24, 2.45) is 5.92 Å². The summed E-state index contributed by atoms with van der Waals surface area (Å²) in [5.74, 6) is -7.94. The molecule has 0 aromatic heterocycles. The number of amides is 1. The molecule has 1 fully saturated rings. The minimum Gasteiger partial charge on any atom is -0.475 e. The Kier molecular flexibility index (Phi) is 17.3. The van der Waals surface area contributed by atoms with Crippen molar-refractivity contribution in [1.82, 2.24) is 10.6 Å². The van der Waals surface area contributed by atoms with E-state index in [0.717, 1.165) is 37.9 Å². The Labute approximate surface area is 229 Å². The van der Waals surface area contributed by atoms with Crippen molar-refractivity contribution in [2.45, 2.75) is 37.8 Å².